The van der Waals surface area contributed by atoms with E-state index in [4.69, 9.17) is 4.74 Å². The van der Waals surface area contributed by atoms with Crippen LogP contribution in [0.1, 0.15) is 44.9 Å². The first kappa shape index (κ1) is 17.7. The minimum absolute atomic E-state index is 0.00491. The first-order valence-electron chi connectivity index (χ1n) is 8.26. The number of hydrogen-bond acceptors (Lipinski definition) is 4. The average Bonchev–Trinajstić information content (AvgIpc) is 2.48. The quantitative estimate of drug-likeness (QED) is 0.738. The highest BCUT2D eigenvalue weighted by Gasteiger charge is 2.31. The molecule has 0 amide bonds. The van der Waals surface area contributed by atoms with Gasteiger partial charge in [-0.25, -0.2) is 13.1 Å². The van der Waals surface area contributed by atoms with Gasteiger partial charge in [-0.2, -0.15) is 0 Å². The Kier molecular flexibility index (Phi) is 6.65. The summed E-state index contributed by atoms with van der Waals surface area (Å²) in [5.74, 6) is -1.24. The second-order valence-corrected chi connectivity index (χ2v) is 8.38. The largest absolute Gasteiger partial charge is 0.481 e. The molecule has 1 aliphatic carbocycles. The van der Waals surface area contributed by atoms with Crippen LogP contribution in [0.5, 0.6) is 0 Å². The summed E-state index contributed by atoms with van der Waals surface area (Å²) < 4.78 is 32.1. The van der Waals surface area contributed by atoms with Crippen molar-refractivity contribution in [2.45, 2.75) is 44.9 Å². The minimum Gasteiger partial charge on any atom is -0.481 e. The fraction of sp³-hybridized carbons (Fsp3) is 0.933. The van der Waals surface area contributed by atoms with E-state index in [1.807, 2.05) is 0 Å². The van der Waals surface area contributed by atoms with Crippen LogP contribution in [-0.4, -0.2) is 45.0 Å². The van der Waals surface area contributed by atoms with Crippen LogP contribution >= 0.6 is 0 Å². The van der Waals surface area contributed by atoms with Gasteiger partial charge in [0.15, 0.2) is 0 Å². The van der Waals surface area contributed by atoms with Crippen LogP contribution in [-0.2, 0) is 19.6 Å². The lowest BCUT2D eigenvalue weighted by molar-refractivity contribution is -0.144. The lowest BCUT2D eigenvalue weighted by Gasteiger charge is -2.28. The second-order valence-electron chi connectivity index (χ2n) is 6.53. The minimum atomic E-state index is -3.39. The molecule has 1 saturated carbocycles. The zero-order valence-electron chi connectivity index (χ0n) is 13.0. The summed E-state index contributed by atoms with van der Waals surface area (Å²) >= 11 is 0. The molecule has 2 aliphatic rings. The zero-order chi connectivity index (χ0) is 16.0. The predicted molar refractivity (Wildman–Crippen MR) is 83.0 cm³/mol. The molecule has 1 atom stereocenters. The number of carbonyl (C=O) groups is 1. The van der Waals surface area contributed by atoms with Crippen molar-refractivity contribution in [2.75, 3.05) is 25.5 Å². The summed E-state index contributed by atoms with van der Waals surface area (Å²) in [7, 11) is -3.39. The third-order valence-corrected chi connectivity index (χ3v) is 6.37. The van der Waals surface area contributed by atoms with Crippen molar-refractivity contribution < 1.29 is 23.1 Å². The molecular weight excluding hydrogens is 306 g/mol. The molecule has 7 heteroatoms. The molecule has 0 aromatic rings. The summed E-state index contributed by atoms with van der Waals surface area (Å²) in [5.41, 5.74) is 0. The standard InChI is InChI=1S/C15H27NO5S/c17-15(18)14(13-6-8-21-9-7-13)10-16-22(19,20)11-12-4-2-1-3-5-12/h12-14,16H,1-11H2,(H,17,18). The summed E-state index contributed by atoms with van der Waals surface area (Å²) in [5, 5.41) is 9.37. The topological polar surface area (TPSA) is 92.7 Å². The first-order chi connectivity index (χ1) is 10.5. The molecular formula is C15H27NO5S. The van der Waals surface area contributed by atoms with Crippen LogP contribution in [0, 0.1) is 17.8 Å². The second kappa shape index (κ2) is 8.26. The number of aliphatic carboxylic acids is 1. The highest BCUT2D eigenvalue weighted by molar-refractivity contribution is 7.89. The number of rotatable bonds is 7. The molecule has 0 radical (unpaired) electrons. The van der Waals surface area contributed by atoms with Gasteiger partial charge in [-0.3, -0.25) is 4.79 Å². The number of carboxylic acid groups (broad SMARTS) is 1. The smallest absolute Gasteiger partial charge is 0.308 e. The van der Waals surface area contributed by atoms with Crippen LogP contribution in [0.3, 0.4) is 0 Å². The Labute approximate surface area is 132 Å². The van der Waals surface area contributed by atoms with Gasteiger partial charge < -0.3 is 9.84 Å². The maximum absolute atomic E-state index is 12.2. The summed E-state index contributed by atoms with van der Waals surface area (Å²) in [4.78, 5) is 11.4. The Morgan fingerprint density at radius 2 is 1.77 bits per heavy atom. The highest BCUT2D eigenvalue weighted by atomic mass is 32.2. The number of sulfonamides is 1. The third kappa shape index (κ3) is 5.52. The van der Waals surface area contributed by atoms with Crippen LogP contribution in [0.15, 0.2) is 0 Å². The van der Waals surface area contributed by atoms with Crippen LogP contribution in [0.2, 0.25) is 0 Å². The zero-order valence-corrected chi connectivity index (χ0v) is 13.8. The van der Waals surface area contributed by atoms with Crippen molar-refractivity contribution in [2.24, 2.45) is 17.8 Å². The van der Waals surface area contributed by atoms with Gasteiger partial charge in [-0.05, 0) is 37.5 Å². The Balaban J connectivity index is 1.85. The van der Waals surface area contributed by atoms with Crippen molar-refractivity contribution >= 4 is 16.0 Å². The van der Waals surface area contributed by atoms with Crippen LogP contribution < -0.4 is 4.72 Å². The summed E-state index contributed by atoms with van der Waals surface area (Å²) in [6, 6.07) is 0. The predicted octanol–water partition coefficient (Wildman–Crippen LogP) is 1.61. The fourth-order valence-corrected chi connectivity index (χ4v) is 5.02. The third-order valence-electron chi connectivity index (χ3n) is 4.86. The summed E-state index contributed by atoms with van der Waals surface area (Å²) in [6.07, 6.45) is 6.67. The Morgan fingerprint density at radius 3 is 2.36 bits per heavy atom. The van der Waals surface area contributed by atoms with E-state index < -0.39 is 21.9 Å². The molecule has 0 aromatic heterocycles. The van der Waals surface area contributed by atoms with Crippen molar-refractivity contribution in [1.29, 1.82) is 0 Å². The Hall–Kier alpha value is -0.660. The monoisotopic (exact) mass is 333 g/mol. The molecule has 0 aromatic carbocycles. The molecule has 2 fully saturated rings. The van der Waals surface area contributed by atoms with E-state index in [9.17, 15) is 18.3 Å². The molecule has 2 N–H and O–H groups in total. The van der Waals surface area contributed by atoms with Gasteiger partial charge >= 0.3 is 5.97 Å². The van der Waals surface area contributed by atoms with Crippen LogP contribution in [0.4, 0.5) is 0 Å². The molecule has 128 valence electrons. The molecule has 0 spiro atoms. The van der Waals surface area contributed by atoms with Crippen molar-refractivity contribution in [3.63, 3.8) is 0 Å². The van der Waals surface area contributed by atoms with Crippen molar-refractivity contribution in [1.82, 2.24) is 4.72 Å². The molecule has 1 heterocycles. The molecule has 6 nitrogen and oxygen atoms in total. The van der Waals surface area contributed by atoms with E-state index in [0.717, 1.165) is 25.7 Å². The number of nitrogens with one attached hydrogen (secondary N) is 1. The summed E-state index contributed by atoms with van der Waals surface area (Å²) in [6.45, 7) is 1.11. The van der Waals surface area contributed by atoms with Gasteiger partial charge in [0.1, 0.15) is 0 Å². The van der Waals surface area contributed by atoms with Gasteiger partial charge in [0.25, 0.3) is 0 Å². The van der Waals surface area contributed by atoms with Crippen molar-refractivity contribution in [3.8, 4) is 0 Å². The lowest BCUT2D eigenvalue weighted by atomic mass is 9.86. The van der Waals surface area contributed by atoms with E-state index in [1.165, 1.54) is 6.42 Å². The number of ether oxygens (including phenoxy) is 1. The molecule has 22 heavy (non-hydrogen) atoms. The molecule has 2 rings (SSSR count). The maximum atomic E-state index is 12.2. The van der Waals surface area contributed by atoms with Gasteiger partial charge in [-0.1, -0.05) is 19.3 Å². The normalized spacial score (nSPS) is 23.3. The van der Waals surface area contributed by atoms with E-state index >= 15 is 0 Å². The molecule has 1 aliphatic heterocycles. The van der Waals surface area contributed by atoms with Crippen LogP contribution in [0.25, 0.3) is 0 Å². The van der Waals surface area contributed by atoms with Gasteiger partial charge in [0.2, 0.25) is 10.0 Å². The van der Waals surface area contributed by atoms with E-state index in [0.29, 0.717) is 26.1 Å². The van der Waals surface area contributed by atoms with E-state index in [2.05, 4.69) is 4.72 Å². The molecule has 0 bridgehead atoms. The molecule has 1 unspecified atom stereocenters. The Morgan fingerprint density at radius 1 is 1.14 bits per heavy atom. The first-order valence-corrected chi connectivity index (χ1v) is 9.91. The SMILES string of the molecule is O=C(O)C(CNS(=O)(=O)CC1CCCCC1)C1CCOCC1. The lowest BCUT2D eigenvalue weighted by Crippen LogP contribution is -2.40. The van der Waals surface area contributed by atoms with Gasteiger partial charge in [0, 0.05) is 19.8 Å². The number of hydrogen-bond donors (Lipinski definition) is 2. The fourth-order valence-electron chi connectivity index (χ4n) is 3.51. The average molecular weight is 333 g/mol. The maximum Gasteiger partial charge on any atom is 0.308 e. The molecule has 1 saturated heterocycles. The van der Waals surface area contributed by atoms with E-state index in [-0.39, 0.29) is 24.1 Å². The van der Waals surface area contributed by atoms with Gasteiger partial charge in [0.05, 0.1) is 11.7 Å². The highest BCUT2D eigenvalue weighted by Crippen LogP contribution is 2.26. The van der Waals surface area contributed by atoms with Crippen molar-refractivity contribution in [3.05, 3.63) is 0 Å². The number of carboxylic acids is 1. The van der Waals surface area contributed by atoms with Gasteiger partial charge in [-0.15, -0.1) is 0 Å². The Bertz CT molecular complexity index is 453. The van der Waals surface area contributed by atoms with E-state index in [1.54, 1.807) is 0 Å².